The number of fused-ring (bicyclic) bond motifs is 1. The average molecular weight is 400 g/mol. The summed E-state index contributed by atoms with van der Waals surface area (Å²) in [5.41, 5.74) is -0.0567. The van der Waals surface area contributed by atoms with E-state index in [4.69, 9.17) is 4.74 Å². The molecule has 0 bridgehead atoms. The van der Waals surface area contributed by atoms with Crippen molar-refractivity contribution in [3.05, 3.63) is 71.5 Å². The van der Waals surface area contributed by atoms with E-state index < -0.39 is 11.9 Å². The maximum absolute atomic E-state index is 12.8. The van der Waals surface area contributed by atoms with E-state index in [1.165, 1.54) is 6.07 Å². The molecule has 7 heteroatoms. The molecule has 0 radical (unpaired) electrons. The highest BCUT2D eigenvalue weighted by Crippen LogP contribution is 2.32. The van der Waals surface area contributed by atoms with E-state index in [2.05, 4.69) is 10.3 Å². The molecule has 0 aliphatic heterocycles. The van der Waals surface area contributed by atoms with Crippen molar-refractivity contribution in [3.63, 3.8) is 0 Å². The van der Waals surface area contributed by atoms with E-state index in [1.54, 1.807) is 6.07 Å². The monoisotopic (exact) mass is 400 g/mol. The van der Waals surface area contributed by atoms with Crippen LogP contribution in [-0.4, -0.2) is 16.9 Å². The van der Waals surface area contributed by atoms with Gasteiger partial charge in [-0.2, -0.15) is 13.2 Å². The number of pyridine rings is 1. The van der Waals surface area contributed by atoms with E-state index >= 15 is 0 Å². The molecule has 0 unspecified atom stereocenters. The molecule has 3 aromatic rings. The van der Waals surface area contributed by atoms with E-state index in [0.29, 0.717) is 16.9 Å². The summed E-state index contributed by atoms with van der Waals surface area (Å²) in [5.74, 6) is 0.209. The molecule has 1 fully saturated rings. The molecule has 1 aliphatic rings. The molecular formula is C22H19F3N2O2. The third-order valence-electron chi connectivity index (χ3n) is 5.06. The molecule has 29 heavy (non-hydrogen) atoms. The molecule has 0 spiro atoms. The predicted molar refractivity (Wildman–Crippen MR) is 103 cm³/mol. The molecular weight excluding hydrogens is 381 g/mol. The number of hydrogen-bond acceptors (Lipinski definition) is 3. The number of amides is 1. The molecule has 1 aromatic heterocycles. The Kier molecular flexibility index (Phi) is 5.13. The number of carbonyl (C=O) groups excluding carboxylic acids is 1. The number of halogens is 3. The summed E-state index contributed by atoms with van der Waals surface area (Å²) in [6.45, 7) is 0.00283. The summed E-state index contributed by atoms with van der Waals surface area (Å²) in [7, 11) is 0. The molecule has 1 heterocycles. The van der Waals surface area contributed by atoms with Crippen LogP contribution in [0.4, 0.5) is 13.2 Å². The Morgan fingerprint density at radius 3 is 2.55 bits per heavy atom. The number of rotatable bonds is 5. The van der Waals surface area contributed by atoms with Gasteiger partial charge in [-0.15, -0.1) is 0 Å². The fourth-order valence-electron chi connectivity index (χ4n) is 3.23. The van der Waals surface area contributed by atoms with Crippen molar-refractivity contribution < 1.29 is 22.7 Å². The van der Waals surface area contributed by atoms with Crippen molar-refractivity contribution in [1.82, 2.24) is 10.3 Å². The Morgan fingerprint density at radius 1 is 1.10 bits per heavy atom. The Labute approximate surface area is 165 Å². The van der Waals surface area contributed by atoms with Gasteiger partial charge in [0.2, 0.25) is 0 Å². The van der Waals surface area contributed by atoms with Crippen LogP contribution in [-0.2, 0) is 12.8 Å². The summed E-state index contributed by atoms with van der Waals surface area (Å²) in [6.07, 6.45) is -0.309. The summed E-state index contributed by atoms with van der Waals surface area (Å²) >= 11 is 0. The first kappa shape index (κ1) is 19.2. The van der Waals surface area contributed by atoms with Gasteiger partial charge in [0.1, 0.15) is 18.1 Å². The number of nitrogens with one attached hydrogen (secondary N) is 1. The SMILES string of the molecule is O=C(NC1CCC1)c1ccc2ccccc2c1OCc1ccc(C(F)(F)F)nc1. The highest BCUT2D eigenvalue weighted by atomic mass is 19.4. The minimum atomic E-state index is -4.48. The van der Waals surface area contributed by atoms with Gasteiger partial charge in [-0.25, -0.2) is 0 Å². The second-order valence-electron chi connectivity index (χ2n) is 7.10. The van der Waals surface area contributed by atoms with Crippen LogP contribution in [0.5, 0.6) is 5.75 Å². The van der Waals surface area contributed by atoms with Crippen molar-refractivity contribution in [3.8, 4) is 5.75 Å². The maximum atomic E-state index is 12.8. The van der Waals surface area contributed by atoms with Crippen LogP contribution in [0.2, 0.25) is 0 Å². The van der Waals surface area contributed by atoms with Crippen molar-refractivity contribution in [2.24, 2.45) is 0 Å². The molecule has 1 amide bonds. The summed E-state index contributed by atoms with van der Waals surface area (Å²) in [5, 5.41) is 4.69. The number of benzene rings is 2. The van der Waals surface area contributed by atoms with Gasteiger partial charge in [-0.3, -0.25) is 9.78 Å². The van der Waals surface area contributed by atoms with E-state index in [9.17, 15) is 18.0 Å². The van der Waals surface area contributed by atoms with Crippen LogP contribution in [0, 0.1) is 0 Å². The summed E-state index contributed by atoms with van der Waals surface area (Å²) < 4.78 is 44.0. The van der Waals surface area contributed by atoms with Gasteiger partial charge in [-0.05, 0) is 36.8 Å². The van der Waals surface area contributed by atoms with E-state index in [-0.39, 0.29) is 18.6 Å². The molecule has 2 aromatic carbocycles. The average Bonchev–Trinajstić information content (AvgIpc) is 2.68. The zero-order valence-corrected chi connectivity index (χ0v) is 15.5. The van der Waals surface area contributed by atoms with Crippen LogP contribution in [0.3, 0.4) is 0 Å². The first-order valence-corrected chi connectivity index (χ1v) is 9.39. The normalized spacial score (nSPS) is 14.4. The third-order valence-corrected chi connectivity index (χ3v) is 5.06. The van der Waals surface area contributed by atoms with Crippen LogP contribution in [0.15, 0.2) is 54.7 Å². The number of carbonyl (C=O) groups is 1. The number of hydrogen-bond donors (Lipinski definition) is 1. The first-order valence-electron chi connectivity index (χ1n) is 9.39. The summed E-state index contributed by atoms with van der Waals surface area (Å²) in [6, 6.07) is 13.5. The molecule has 150 valence electrons. The standard InChI is InChI=1S/C22H19F3N2O2/c23-22(24,25)19-11-8-14(12-26-19)13-29-20-17-7-2-1-4-15(17)9-10-18(20)21(28)27-16-5-3-6-16/h1-2,4,7-12,16H,3,5-6,13H2,(H,27,28). The lowest BCUT2D eigenvalue weighted by Crippen LogP contribution is -2.39. The molecule has 0 saturated heterocycles. The first-order chi connectivity index (χ1) is 13.9. The Bertz CT molecular complexity index is 1030. The minimum absolute atomic E-state index is 0.00283. The van der Waals surface area contributed by atoms with Gasteiger partial charge >= 0.3 is 6.18 Å². The second-order valence-corrected chi connectivity index (χ2v) is 7.10. The van der Waals surface area contributed by atoms with Crippen LogP contribution < -0.4 is 10.1 Å². The van der Waals surface area contributed by atoms with Crippen LogP contribution in [0.1, 0.15) is 40.9 Å². The van der Waals surface area contributed by atoms with Gasteiger partial charge in [0.05, 0.1) is 5.56 Å². The number of aromatic nitrogens is 1. The fourth-order valence-corrected chi connectivity index (χ4v) is 3.23. The third kappa shape index (κ3) is 4.18. The smallest absolute Gasteiger partial charge is 0.433 e. The van der Waals surface area contributed by atoms with Crippen molar-refractivity contribution in [2.45, 2.75) is 38.1 Å². The fraction of sp³-hybridized carbons (Fsp3) is 0.273. The quantitative estimate of drug-likeness (QED) is 0.647. The van der Waals surface area contributed by atoms with Crippen LogP contribution in [0.25, 0.3) is 10.8 Å². The van der Waals surface area contributed by atoms with Crippen molar-refractivity contribution >= 4 is 16.7 Å². The summed E-state index contributed by atoms with van der Waals surface area (Å²) in [4.78, 5) is 16.2. The Balaban J connectivity index is 1.60. The molecule has 4 nitrogen and oxygen atoms in total. The van der Waals surface area contributed by atoms with Gasteiger partial charge in [-0.1, -0.05) is 36.4 Å². The highest BCUT2D eigenvalue weighted by Gasteiger charge is 2.32. The van der Waals surface area contributed by atoms with Gasteiger partial charge in [0, 0.05) is 23.2 Å². The lowest BCUT2D eigenvalue weighted by atomic mass is 9.92. The molecule has 1 saturated carbocycles. The largest absolute Gasteiger partial charge is 0.487 e. The van der Waals surface area contributed by atoms with Crippen LogP contribution >= 0.6 is 0 Å². The van der Waals surface area contributed by atoms with Gasteiger partial charge in [0.15, 0.2) is 0 Å². The molecule has 0 atom stereocenters. The number of ether oxygens (including phenoxy) is 1. The predicted octanol–water partition coefficient (Wildman–Crippen LogP) is 5.11. The van der Waals surface area contributed by atoms with Crippen molar-refractivity contribution in [1.29, 1.82) is 0 Å². The van der Waals surface area contributed by atoms with Gasteiger partial charge < -0.3 is 10.1 Å². The molecule has 4 rings (SSSR count). The zero-order valence-electron chi connectivity index (χ0n) is 15.5. The van der Waals surface area contributed by atoms with Gasteiger partial charge in [0.25, 0.3) is 5.91 Å². The zero-order chi connectivity index (χ0) is 20.4. The lowest BCUT2D eigenvalue weighted by molar-refractivity contribution is -0.141. The Hall–Kier alpha value is -3.09. The number of nitrogens with zero attached hydrogens (tertiary/aromatic N) is 1. The molecule has 1 aliphatic carbocycles. The maximum Gasteiger partial charge on any atom is 0.433 e. The van der Waals surface area contributed by atoms with Crippen molar-refractivity contribution in [2.75, 3.05) is 0 Å². The highest BCUT2D eigenvalue weighted by molar-refractivity contribution is 6.04. The lowest BCUT2D eigenvalue weighted by Gasteiger charge is -2.27. The topological polar surface area (TPSA) is 51.2 Å². The molecule has 1 N–H and O–H groups in total. The second kappa shape index (κ2) is 7.73. The van der Waals surface area contributed by atoms with E-state index in [1.807, 2.05) is 30.3 Å². The number of alkyl halides is 3. The van der Waals surface area contributed by atoms with E-state index in [0.717, 1.165) is 42.3 Å². The Morgan fingerprint density at radius 2 is 1.90 bits per heavy atom. The minimum Gasteiger partial charge on any atom is -0.487 e.